The molecule has 0 spiro atoms. The summed E-state index contributed by atoms with van der Waals surface area (Å²) in [5.74, 6) is 1.21. The first-order chi connectivity index (χ1) is 10.7. The third-order valence-corrected chi connectivity index (χ3v) is 3.02. The molecule has 7 nitrogen and oxygen atoms in total. The minimum atomic E-state index is -0.433. The summed E-state index contributed by atoms with van der Waals surface area (Å²) >= 11 is 0. The summed E-state index contributed by atoms with van der Waals surface area (Å²) in [6.07, 6.45) is 2.96. The highest BCUT2D eigenvalue weighted by atomic mass is 16.6. The number of aromatic nitrogens is 3. The topological polar surface area (TPSA) is 83.1 Å². The molecule has 1 aromatic heterocycles. The van der Waals surface area contributed by atoms with E-state index in [-0.39, 0.29) is 5.69 Å². The Kier molecular flexibility index (Phi) is 3.78. The first-order valence-corrected chi connectivity index (χ1v) is 6.55. The zero-order valence-corrected chi connectivity index (χ0v) is 11.5. The lowest BCUT2D eigenvalue weighted by atomic mass is 10.1. The van der Waals surface area contributed by atoms with Gasteiger partial charge in [-0.3, -0.25) is 10.1 Å². The fourth-order valence-corrected chi connectivity index (χ4v) is 2.01. The predicted octanol–water partition coefficient (Wildman–Crippen LogP) is 3.03. The minimum Gasteiger partial charge on any atom is -0.457 e. The van der Waals surface area contributed by atoms with E-state index in [1.165, 1.54) is 18.5 Å². The van der Waals surface area contributed by atoms with E-state index >= 15 is 0 Å². The van der Waals surface area contributed by atoms with Gasteiger partial charge >= 0.3 is 0 Å². The van der Waals surface area contributed by atoms with Crippen molar-refractivity contribution in [2.75, 3.05) is 0 Å². The molecule has 0 saturated carbocycles. The molecule has 0 bridgehead atoms. The summed E-state index contributed by atoms with van der Waals surface area (Å²) in [7, 11) is 0. The number of ether oxygens (including phenoxy) is 1. The lowest BCUT2D eigenvalue weighted by Gasteiger charge is -2.11. The van der Waals surface area contributed by atoms with E-state index < -0.39 is 4.92 Å². The van der Waals surface area contributed by atoms with Crippen LogP contribution in [0, 0.1) is 10.1 Å². The lowest BCUT2D eigenvalue weighted by Crippen LogP contribution is -2.03. The molecule has 0 unspecified atom stereocenters. The van der Waals surface area contributed by atoms with Gasteiger partial charge in [-0.05, 0) is 18.2 Å². The summed E-state index contributed by atoms with van der Waals surface area (Å²) in [5, 5.41) is 15.0. The predicted molar refractivity (Wildman–Crippen MR) is 78.7 cm³/mol. The van der Waals surface area contributed by atoms with E-state index in [0.29, 0.717) is 23.6 Å². The molecule has 0 aliphatic heterocycles. The van der Waals surface area contributed by atoms with Crippen LogP contribution in [0.15, 0.2) is 61.2 Å². The molecule has 1 heterocycles. The van der Waals surface area contributed by atoms with Crippen LogP contribution in [0.3, 0.4) is 0 Å². The first kappa shape index (κ1) is 13.7. The molecule has 7 heteroatoms. The maximum Gasteiger partial charge on any atom is 0.270 e. The van der Waals surface area contributed by atoms with Crippen LogP contribution in [0.25, 0.3) is 0 Å². The lowest BCUT2D eigenvalue weighted by molar-refractivity contribution is -0.384. The SMILES string of the molecule is O=[N+]([O-])c1ccc(Oc2ccccc2)c(Cn2cncn2)c1. The number of para-hydroxylation sites is 1. The van der Waals surface area contributed by atoms with Crippen molar-refractivity contribution in [3.63, 3.8) is 0 Å². The van der Waals surface area contributed by atoms with Crippen LogP contribution in [0.5, 0.6) is 11.5 Å². The quantitative estimate of drug-likeness (QED) is 0.534. The fourth-order valence-electron chi connectivity index (χ4n) is 2.01. The van der Waals surface area contributed by atoms with Gasteiger partial charge in [-0.1, -0.05) is 18.2 Å². The smallest absolute Gasteiger partial charge is 0.270 e. The van der Waals surface area contributed by atoms with Crippen LogP contribution in [0.2, 0.25) is 0 Å². The highest BCUT2D eigenvalue weighted by molar-refractivity contribution is 5.45. The molecule has 0 aliphatic carbocycles. The number of nitrogens with zero attached hydrogens (tertiary/aromatic N) is 4. The average Bonchev–Trinajstić information content (AvgIpc) is 3.03. The Bertz CT molecular complexity index is 773. The average molecular weight is 296 g/mol. The number of rotatable bonds is 5. The number of hydrogen-bond acceptors (Lipinski definition) is 5. The Morgan fingerprint density at radius 1 is 1.18 bits per heavy atom. The number of nitro benzene ring substituents is 1. The molecule has 0 saturated heterocycles. The maximum atomic E-state index is 11.0. The van der Waals surface area contributed by atoms with Gasteiger partial charge in [0.2, 0.25) is 0 Å². The number of nitro groups is 1. The molecule has 2 aromatic carbocycles. The summed E-state index contributed by atoms with van der Waals surface area (Å²) in [6, 6.07) is 13.7. The zero-order chi connectivity index (χ0) is 15.4. The largest absolute Gasteiger partial charge is 0.457 e. The van der Waals surface area contributed by atoms with Gasteiger partial charge in [0.05, 0.1) is 11.5 Å². The summed E-state index contributed by atoms with van der Waals surface area (Å²) in [4.78, 5) is 14.4. The molecule has 3 rings (SSSR count). The first-order valence-electron chi connectivity index (χ1n) is 6.55. The van der Waals surface area contributed by atoms with Crippen molar-refractivity contribution in [2.24, 2.45) is 0 Å². The normalized spacial score (nSPS) is 10.4. The molecular weight excluding hydrogens is 284 g/mol. The fraction of sp³-hybridized carbons (Fsp3) is 0.0667. The minimum absolute atomic E-state index is 0.00975. The molecule has 3 aromatic rings. The van der Waals surface area contributed by atoms with Crippen LogP contribution in [0.4, 0.5) is 5.69 Å². The zero-order valence-electron chi connectivity index (χ0n) is 11.5. The second-order valence-electron chi connectivity index (χ2n) is 4.56. The Morgan fingerprint density at radius 3 is 2.68 bits per heavy atom. The Hall–Kier alpha value is -3.22. The molecule has 0 amide bonds. The summed E-state index contributed by atoms with van der Waals surface area (Å²) in [6.45, 7) is 0.337. The number of benzene rings is 2. The van der Waals surface area contributed by atoms with Crippen LogP contribution >= 0.6 is 0 Å². The van der Waals surface area contributed by atoms with E-state index in [1.54, 1.807) is 17.1 Å². The number of hydrogen-bond donors (Lipinski definition) is 0. The maximum absolute atomic E-state index is 11.0. The van der Waals surface area contributed by atoms with E-state index in [0.717, 1.165) is 0 Å². The van der Waals surface area contributed by atoms with Gasteiger partial charge in [0, 0.05) is 17.7 Å². The van der Waals surface area contributed by atoms with Gasteiger partial charge < -0.3 is 4.74 Å². The highest BCUT2D eigenvalue weighted by Gasteiger charge is 2.13. The van der Waals surface area contributed by atoms with Gasteiger partial charge in [-0.15, -0.1) is 0 Å². The van der Waals surface area contributed by atoms with Gasteiger partial charge in [-0.2, -0.15) is 5.10 Å². The van der Waals surface area contributed by atoms with E-state index in [1.807, 2.05) is 30.3 Å². The van der Waals surface area contributed by atoms with Crippen molar-refractivity contribution < 1.29 is 9.66 Å². The van der Waals surface area contributed by atoms with Crippen LogP contribution < -0.4 is 4.74 Å². The van der Waals surface area contributed by atoms with E-state index in [4.69, 9.17) is 4.74 Å². The van der Waals surface area contributed by atoms with E-state index in [2.05, 4.69) is 10.1 Å². The molecular formula is C15H12N4O3. The van der Waals surface area contributed by atoms with Crippen molar-refractivity contribution in [2.45, 2.75) is 6.54 Å². The van der Waals surface area contributed by atoms with Crippen molar-refractivity contribution >= 4 is 5.69 Å². The Balaban J connectivity index is 1.95. The molecule has 0 radical (unpaired) electrons. The standard InChI is InChI=1S/C15H12N4O3/c20-19(21)13-6-7-15(22-14-4-2-1-3-5-14)12(8-13)9-18-11-16-10-17-18/h1-8,10-11H,9H2. The molecule has 0 fully saturated rings. The molecule has 22 heavy (non-hydrogen) atoms. The summed E-state index contributed by atoms with van der Waals surface area (Å²) in [5.41, 5.74) is 0.666. The highest BCUT2D eigenvalue weighted by Crippen LogP contribution is 2.29. The second-order valence-corrected chi connectivity index (χ2v) is 4.56. The van der Waals surface area contributed by atoms with E-state index in [9.17, 15) is 10.1 Å². The molecule has 0 N–H and O–H groups in total. The van der Waals surface area contributed by atoms with Gasteiger partial charge in [0.1, 0.15) is 24.2 Å². The second kappa shape index (κ2) is 6.04. The van der Waals surface area contributed by atoms with Crippen molar-refractivity contribution in [1.82, 2.24) is 14.8 Å². The third-order valence-electron chi connectivity index (χ3n) is 3.02. The third kappa shape index (κ3) is 3.09. The van der Waals surface area contributed by atoms with Crippen molar-refractivity contribution in [3.05, 3.63) is 76.9 Å². The number of non-ortho nitro benzene ring substituents is 1. The van der Waals surface area contributed by atoms with Crippen LogP contribution in [-0.2, 0) is 6.54 Å². The van der Waals surface area contributed by atoms with Gasteiger partial charge in [-0.25, -0.2) is 9.67 Å². The van der Waals surface area contributed by atoms with Gasteiger partial charge in [0.25, 0.3) is 5.69 Å². The van der Waals surface area contributed by atoms with Crippen LogP contribution in [0.1, 0.15) is 5.56 Å². The van der Waals surface area contributed by atoms with Crippen molar-refractivity contribution in [1.29, 1.82) is 0 Å². The Labute approximate surface area is 126 Å². The molecule has 0 aliphatic rings. The molecule has 0 atom stereocenters. The van der Waals surface area contributed by atoms with Gasteiger partial charge in [0.15, 0.2) is 0 Å². The molecule has 110 valence electrons. The monoisotopic (exact) mass is 296 g/mol. The Morgan fingerprint density at radius 2 is 2.00 bits per heavy atom. The van der Waals surface area contributed by atoms with Crippen molar-refractivity contribution in [3.8, 4) is 11.5 Å². The van der Waals surface area contributed by atoms with Crippen LogP contribution in [-0.4, -0.2) is 19.7 Å². The summed E-state index contributed by atoms with van der Waals surface area (Å²) < 4.78 is 7.39.